The molecule has 0 fully saturated rings. The minimum Gasteiger partial charge on any atom is -0.508 e. The summed E-state index contributed by atoms with van der Waals surface area (Å²) < 4.78 is 0. The normalized spacial score (nSPS) is 9.60. The number of hydrogen-bond acceptors (Lipinski definition) is 6. The van der Waals surface area contributed by atoms with Gasteiger partial charge in [0.1, 0.15) is 23.2 Å². The number of nitrogens with two attached hydrogens (primary N) is 1. The van der Waals surface area contributed by atoms with Gasteiger partial charge in [-0.15, -0.1) is 0 Å². The first kappa shape index (κ1) is 17.5. The number of phenols is 1. The van der Waals surface area contributed by atoms with E-state index in [2.05, 4.69) is 21.3 Å². The third kappa shape index (κ3) is 3.56. The lowest BCUT2D eigenvalue weighted by atomic mass is 9.94. The number of H-pyrrole nitrogens is 1. The zero-order valence-corrected chi connectivity index (χ0v) is 13.3. The van der Waals surface area contributed by atoms with Gasteiger partial charge in [0.05, 0.1) is 11.9 Å². The largest absolute Gasteiger partial charge is 0.508 e. The number of anilines is 1. The smallest absolute Gasteiger partial charge is 0.290 e. The predicted octanol–water partition coefficient (Wildman–Crippen LogP) is 2.31. The Morgan fingerprint density at radius 1 is 1.28 bits per heavy atom. The van der Waals surface area contributed by atoms with Gasteiger partial charge in [-0.3, -0.25) is 9.89 Å². The van der Waals surface area contributed by atoms with Gasteiger partial charge >= 0.3 is 0 Å². The Labute approximate surface area is 143 Å². The third-order valence-corrected chi connectivity index (χ3v) is 3.51. The minimum atomic E-state index is -0.250. The molecule has 0 radical (unpaired) electrons. The van der Waals surface area contributed by atoms with Crippen LogP contribution in [0, 0.1) is 18.3 Å². The molecule has 25 heavy (non-hydrogen) atoms. The van der Waals surface area contributed by atoms with E-state index in [0.29, 0.717) is 16.8 Å². The van der Waals surface area contributed by atoms with Gasteiger partial charge in [0, 0.05) is 22.9 Å². The maximum atomic E-state index is 9.41. The van der Waals surface area contributed by atoms with Crippen molar-refractivity contribution in [2.24, 2.45) is 0 Å². The van der Waals surface area contributed by atoms with Crippen molar-refractivity contribution < 1.29 is 15.0 Å². The Morgan fingerprint density at radius 2 is 1.92 bits per heavy atom. The predicted molar refractivity (Wildman–Crippen MR) is 91.5 cm³/mol. The molecule has 5 N–H and O–H groups in total. The third-order valence-electron chi connectivity index (χ3n) is 3.51. The molecule has 3 rings (SSSR count). The lowest BCUT2D eigenvalue weighted by Gasteiger charge is -2.13. The molecule has 0 unspecified atom stereocenters. The molecule has 0 saturated carbocycles. The summed E-state index contributed by atoms with van der Waals surface area (Å²) in [6, 6.07) is 8.80. The van der Waals surface area contributed by atoms with Crippen LogP contribution in [0.25, 0.3) is 22.4 Å². The number of nitrogen functional groups attached to an aromatic ring is 1. The summed E-state index contributed by atoms with van der Waals surface area (Å²) in [4.78, 5) is 12.7. The van der Waals surface area contributed by atoms with E-state index >= 15 is 0 Å². The van der Waals surface area contributed by atoms with Crippen LogP contribution in [0.1, 0.15) is 11.1 Å². The van der Waals surface area contributed by atoms with Crippen LogP contribution in [0.15, 0.2) is 36.7 Å². The quantitative estimate of drug-likeness (QED) is 0.524. The number of nitrogens with one attached hydrogen (secondary N) is 1. The van der Waals surface area contributed by atoms with Gasteiger partial charge in [0.2, 0.25) is 0 Å². The molecule has 0 aliphatic heterocycles. The van der Waals surface area contributed by atoms with E-state index < -0.39 is 0 Å². The van der Waals surface area contributed by atoms with Crippen LogP contribution < -0.4 is 5.73 Å². The van der Waals surface area contributed by atoms with Gasteiger partial charge in [0.15, 0.2) is 0 Å². The van der Waals surface area contributed by atoms with E-state index in [1.807, 2.05) is 6.92 Å². The van der Waals surface area contributed by atoms with Crippen molar-refractivity contribution in [2.45, 2.75) is 6.92 Å². The number of carbonyl (C=O) groups is 1. The van der Waals surface area contributed by atoms with E-state index in [-0.39, 0.29) is 18.0 Å². The zero-order chi connectivity index (χ0) is 18.4. The van der Waals surface area contributed by atoms with Crippen LogP contribution in [0.3, 0.4) is 0 Å². The molecular weight excluding hydrogens is 322 g/mol. The van der Waals surface area contributed by atoms with Crippen molar-refractivity contribution in [3.05, 3.63) is 47.8 Å². The van der Waals surface area contributed by atoms with Gasteiger partial charge in [0.25, 0.3) is 6.47 Å². The van der Waals surface area contributed by atoms with E-state index in [0.717, 1.165) is 16.7 Å². The van der Waals surface area contributed by atoms with Crippen molar-refractivity contribution in [2.75, 3.05) is 5.73 Å². The summed E-state index contributed by atoms with van der Waals surface area (Å²) in [7, 11) is 0. The second-order valence-electron chi connectivity index (χ2n) is 4.97. The molecule has 2 aromatic heterocycles. The highest BCUT2D eigenvalue weighted by Crippen LogP contribution is 2.35. The second kappa shape index (κ2) is 7.61. The molecule has 0 saturated heterocycles. The lowest BCUT2D eigenvalue weighted by molar-refractivity contribution is -0.122. The SMILES string of the molecule is Cc1c(-c2ccc(O)cc2)nc(N)c(C#N)c1-c1cn[nH]c1.O=CO. The Hall–Kier alpha value is -3.86. The number of hydrogen-bond donors (Lipinski definition) is 4. The van der Waals surface area contributed by atoms with Crippen molar-refractivity contribution in [1.29, 1.82) is 5.26 Å². The van der Waals surface area contributed by atoms with Crippen molar-refractivity contribution in [3.8, 4) is 34.2 Å². The van der Waals surface area contributed by atoms with E-state index in [9.17, 15) is 10.4 Å². The number of nitrogens with zero attached hydrogens (tertiary/aromatic N) is 3. The first-order chi connectivity index (χ1) is 12.0. The highest BCUT2D eigenvalue weighted by molar-refractivity contribution is 5.83. The molecule has 8 nitrogen and oxygen atoms in total. The van der Waals surface area contributed by atoms with Crippen LogP contribution in [0.4, 0.5) is 5.82 Å². The molecule has 2 heterocycles. The van der Waals surface area contributed by atoms with Gasteiger partial charge < -0.3 is 15.9 Å². The summed E-state index contributed by atoms with van der Waals surface area (Å²) in [5, 5.41) is 32.4. The number of aromatic amines is 1. The standard InChI is InChI=1S/C16H13N5O.CH2O2/c1-9-14(11-7-19-20-8-11)13(6-17)16(18)21-15(9)10-2-4-12(22)5-3-10;2-1-3/h2-5,7-8,22H,1H3,(H2,18,21)(H,19,20);1H,(H,2,3). The van der Waals surface area contributed by atoms with Crippen LogP contribution in [0.5, 0.6) is 5.75 Å². The number of carboxylic acid groups (broad SMARTS) is 1. The van der Waals surface area contributed by atoms with Gasteiger partial charge in [-0.25, -0.2) is 4.98 Å². The summed E-state index contributed by atoms with van der Waals surface area (Å²) >= 11 is 0. The van der Waals surface area contributed by atoms with E-state index in [4.69, 9.17) is 15.6 Å². The van der Waals surface area contributed by atoms with E-state index in [1.165, 1.54) is 0 Å². The van der Waals surface area contributed by atoms with Crippen molar-refractivity contribution in [1.82, 2.24) is 15.2 Å². The molecule has 3 aromatic rings. The van der Waals surface area contributed by atoms with Crippen LogP contribution >= 0.6 is 0 Å². The maximum Gasteiger partial charge on any atom is 0.290 e. The topological polar surface area (TPSA) is 149 Å². The Kier molecular flexibility index (Phi) is 5.32. The average molecular weight is 337 g/mol. The van der Waals surface area contributed by atoms with Gasteiger partial charge in [-0.1, -0.05) is 0 Å². The van der Waals surface area contributed by atoms with Crippen LogP contribution in [-0.4, -0.2) is 31.9 Å². The molecule has 0 aliphatic carbocycles. The monoisotopic (exact) mass is 337 g/mol. The number of pyridine rings is 1. The highest BCUT2D eigenvalue weighted by Gasteiger charge is 2.18. The number of nitriles is 1. The molecule has 0 spiro atoms. The molecule has 0 bridgehead atoms. The second-order valence-corrected chi connectivity index (χ2v) is 4.97. The fourth-order valence-electron chi connectivity index (χ4n) is 2.46. The highest BCUT2D eigenvalue weighted by atomic mass is 16.3. The number of rotatable bonds is 2. The van der Waals surface area contributed by atoms with Crippen molar-refractivity contribution >= 4 is 12.3 Å². The fraction of sp³-hybridized carbons (Fsp3) is 0.0588. The number of benzene rings is 1. The number of aromatic nitrogens is 3. The van der Waals surface area contributed by atoms with Gasteiger partial charge in [-0.05, 0) is 36.8 Å². The fourth-order valence-corrected chi connectivity index (χ4v) is 2.46. The summed E-state index contributed by atoms with van der Waals surface area (Å²) in [5.41, 5.74) is 10.1. The number of phenolic OH excluding ortho intramolecular Hbond substituents is 1. The maximum absolute atomic E-state index is 9.41. The zero-order valence-electron chi connectivity index (χ0n) is 13.3. The minimum absolute atomic E-state index is 0.173. The van der Waals surface area contributed by atoms with Gasteiger partial charge in [-0.2, -0.15) is 10.4 Å². The van der Waals surface area contributed by atoms with E-state index in [1.54, 1.807) is 36.7 Å². The summed E-state index contributed by atoms with van der Waals surface area (Å²) in [6.07, 6.45) is 3.35. The Balaban J connectivity index is 0.000000701. The number of aromatic hydroxyl groups is 1. The average Bonchev–Trinajstić information content (AvgIpc) is 3.12. The molecule has 0 atom stereocenters. The lowest BCUT2D eigenvalue weighted by Crippen LogP contribution is -2.02. The summed E-state index contributed by atoms with van der Waals surface area (Å²) in [6.45, 7) is 1.64. The first-order valence-electron chi connectivity index (χ1n) is 7.10. The Bertz CT molecular complexity index is 913. The van der Waals surface area contributed by atoms with Crippen molar-refractivity contribution in [3.63, 3.8) is 0 Å². The van der Waals surface area contributed by atoms with Crippen LogP contribution in [0.2, 0.25) is 0 Å². The summed E-state index contributed by atoms with van der Waals surface area (Å²) in [5.74, 6) is 0.352. The molecule has 126 valence electrons. The van der Waals surface area contributed by atoms with Crippen LogP contribution in [-0.2, 0) is 4.79 Å². The molecule has 8 heteroatoms. The molecule has 0 amide bonds. The molecular formula is C17H15N5O3. The first-order valence-corrected chi connectivity index (χ1v) is 7.10. The Morgan fingerprint density at radius 3 is 2.44 bits per heavy atom. The molecule has 0 aliphatic rings. The molecule has 1 aromatic carbocycles.